The van der Waals surface area contributed by atoms with E-state index in [1.54, 1.807) is 0 Å². The molecule has 1 fully saturated rings. The lowest BCUT2D eigenvalue weighted by Crippen LogP contribution is -2.34. The van der Waals surface area contributed by atoms with Crippen LogP contribution in [0.15, 0.2) is 5.11 Å². The fraction of sp³-hybridized carbons (Fsp3) is 1.00. The van der Waals surface area contributed by atoms with Crippen molar-refractivity contribution in [3.8, 4) is 0 Å². The van der Waals surface area contributed by atoms with E-state index in [9.17, 15) is 5.21 Å². The quantitative estimate of drug-likeness (QED) is 0.470. The number of rotatable bonds is 3. The van der Waals surface area contributed by atoms with Crippen LogP contribution in [0.25, 0.3) is 0 Å². The van der Waals surface area contributed by atoms with Gasteiger partial charge in [-0.05, 0) is 57.5 Å². The first-order chi connectivity index (χ1) is 7.68. The molecule has 0 aliphatic heterocycles. The predicted octanol–water partition coefficient (Wildman–Crippen LogP) is 3.15. The Morgan fingerprint density at radius 2 is 1.82 bits per heavy atom. The summed E-state index contributed by atoms with van der Waals surface area (Å²) in [5, 5.41) is 15.2. The van der Waals surface area contributed by atoms with E-state index in [4.69, 9.17) is 4.84 Å². The van der Waals surface area contributed by atoms with Gasteiger partial charge < -0.3 is 5.21 Å². The SMILES string of the molecule is CC1(C)CCC(ON[N+]([O-])=NC(C)(C)C)CC1. The Kier molecular flexibility index (Phi) is 4.36. The van der Waals surface area contributed by atoms with E-state index in [2.05, 4.69) is 24.6 Å². The van der Waals surface area contributed by atoms with E-state index in [0.29, 0.717) is 10.4 Å². The van der Waals surface area contributed by atoms with Gasteiger partial charge in [0.15, 0.2) is 0 Å². The number of hydrogen-bond donors (Lipinski definition) is 1. The highest BCUT2D eigenvalue weighted by Gasteiger charge is 2.28. The lowest BCUT2D eigenvalue weighted by Gasteiger charge is -2.33. The molecule has 0 aromatic carbocycles. The van der Waals surface area contributed by atoms with Crippen molar-refractivity contribution in [2.75, 3.05) is 0 Å². The van der Waals surface area contributed by atoms with Crippen LogP contribution in [0.3, 0.4) is 0 Å². The molecule has 1 aliphatic rings. The average Bonchev–Trinajstić information content (AvgIpc) is 2.13. The highest BCUT2D eigenvalue weighted by molar-refractivity contribution is 4.78. The second kappa shape index (κ2) is 5.21. The van der Waals surface area contributed by atoms with Gasteiger partial charge in [0.1, 0.15) is 5.54 Å². The molecule has 100 valence electrons. The molecule has 0 saturated heterocycles. The summed E-state index contributed by atoms with van der Waals surface area (Å²) >= 11 is 0. The van der Waals surface area contributed by atoms with Crippen molar-refractivity contribution in [2.24, 2.45) is 10.5 Å². The highest BCUT2D eigenvalue weighted by Crippen LogP contribution is 2.35. The zero-order valence-electron chi connectivity index (χ0n) is 11.6. The van der Waals surface area contributed by atoms with Gasteiger partial charge in [-0.15, -0.1) is 0 Å². The molecular formula is C12H25N3O2. The molecule has 1 saturated carbocycles. The van der Waals surface area contributed by atoms with Crippen molar-refractivity contribution < 1.29 is 9.81 Å². The van der Waals surface area contributed by atoms with Crippen molar-refractivity contribution in [1.29, 1.82) is 0 Å². The van der Waals surface area contributed by atoms with Crippen LogP contribution >= 0.6 is 0 Å². The van der Waals surface area contributed by atoms with Crippen LogP contribution < -0.4 is 5.59 Å². The summed E-state index contributed by atoms with van der Waals surface area (Å²) in [4.78, 5) is 5.77. The minimum absolute atomic E-state index is 0.120. The summed E-state index contributed by atoms with van der Waals surface area (Å²) in [7, 11) is 0. The van der Waals surface area contributed by atoms with Crippen LogP contribution in [-0.2, 0) is 4.84 Å². The number of nitrogens with zero attached hydrogens (tertiary/aromatic N) is 2. The maximum absolute atomic E-state index is 11.3. The summed E-state index contributed by atoms with van der Waals surface area (Å²) in [5.74, 6) is 0. The Bertz CT molecular complexity index is 272. The van der Waals surface area contributed by atoms with Gasteiger partial charge in [-0.25, -0.2) is 4.84 Å². The fourth-order valence-corrected chi connectivity index (χ4v) is 1.90. The molecule has 0 aromatic rings. The molecule has 17 heavy (non-hydrogen) atoms. The molecule has 0 amide bonds. The third-order valence-electron chi connectivity index (χ3n) is 2.97. The van der Waals surface area contributed by atoms with Gasteiger partial charge in [0.25, 0.3) is 0 Å². The van der Waals surface area contributed by atoms with Crippen molar-refractivity contribution in [2.45, 2.75) is 71.9 Å². The minimum Gasteiger partial charge on any atom is -0.570 e. The Morgan fingerprint density at radius 3 is 2.29 bits per heavy atom. The normalized spacial score (nSPS) is 22.5. The second-order valence-corrected chi connectivity index (χ2v) is 6.62. The topological polar surface area (TPSA) is 59.7 Å². The van der Waals surface area contributed by atoms with Crippen molar-refractivity contribution >= 4 is 0 Å². The summed E-state index contributed by atoms with van der Waals surface area (Å²) in [6.07, 6.45) is 4.37. The van der Waals surface area contributed by atoms with Crippen LogP contribution in [-0.4, -0.2) is 16.6 Å². The summed E-state index contributed by atoms with van der Waals surface area (Å²) < 4.78 is 0. The smallest absolute Gasteiger partial charge is 0.119 e. The molecule has 5 nitrogen and oxygen atoms in total. The first-order valence-corrected chi connectivity index (χ1v) is 6.29. The molecule has 0 heterocycles. The molecule has 1 rings (SSSR count). The monoisotopic (exact) mass is 243 g/mol. The fourth-order valence-electron chi connectivity index (χ4n) is 1.90. The van der Waals surface area contributed by atoms with Gasteiger partial charge >= 0.3 is 0 Å². The van der Waals surface area contributed by atoms with Crippen LogP contribution in [0.1, 0.15) is 60.3 Å². The summed E-state index contributed by atoms with van der Waals surface area (Å²) in [5.41, 5.74) is 2.36. The van der Waals surface area contributed by atoms with Crippen LogP contribution in [0.5, 0.6) is 0 Å². The van der Waals surface area contributed by atoms with Gasteiger partial charge in [-0.3, -0.25) is 0 Å². The largest absolute Gasteiger partial charge is 0.570 e. The number of hydrazine groups is 1. The predicted molar refractivity (Wildman–Crippen MR) is 66.1 cm³/mol. The lowest BCUT2D eigenvalue weighted by atomic mass is 9.76. The minimum atomic E-state index is -0.396. The van der Waals surface area contributed by atoms with E-state index in [-0.39, 0.29) is 6.10 Å². The van der Waals surface area contributed by atoms with Crippen LogP contribution in [0.4, 0.5) is 0 Å². The molecule has 0 aromatic heterocycles. The molecule has 0 atom stereocenters. The Balaban J connectivity index is 2.31. The van der Waals surface area contributed by atoms with Gasteiger partial charge in [0.05, 0.1) is 11.1 Å². The third kappa shape index (κ3) is 5.86. The van der Waals surface area contributed by atoms with Crippen molar-refractivity contribution in [3.05, 3.63) is 5.21 Å². The molecule has 1 aliphatic carbocycles. The van der Waals surface area contributed by atoms with Gasteiger partial charge in [-0.2, -0.15) is 0 Å². The van der Waals surface area contributed by atoms with E-state index < -0.39 is 5.54 Å². The Hall–Kier alpha value is -0.840. The van der Waals surface area contributed by atoms with E-state index in [0.717, 1.165) is 25.7 Å². The highest BCUT2D eigenvalue weighted by atomic mass is 16.8. The third-order valence-corrected chi connectivity index (χ3v) is 2.97. The summed E-state index contributed by atoms with van der Waals surface area (Å²) in [6, 6.07) is 0. The number of nitrogens with one attached hydrogen (secondary N) is 1. The number of hydrogen-bond acceptors (Lipinski definition) is 3. The van der Waals surface area contributed by atoms with Crippen molar-refractivity contribution in [3.63, 3.8) is 0 Å². The van der Waals surface area contributed by atoms with Crippen molar-refractivity contribution in [1.82, 2.24) is 5.59 Å². The Morgan fingerprint density at radius 1 is 1.29 bits per heavy atom. The maximum Gasteiger partial charge on any atom is 0.119 e. The molecule has 0 bridgehead atoms. The van der Waals surface area contributed by atoms with Gasteiger partial charge in [0.2, 0.25) is 0 Å². The second-order valence-electron chi connectivity index (χ2n) is 6.62. The van der Waals surface area contributed by atoms with E-state index in [1.807, 2.05) is 20.8 Å². The Labute approximate surface area is 104 Å². The lowest BCUT2D eigenvalue weighted by molar-refractivity contribution is -0.653. The maximum atomic E-state index is 11.3. The molecule has 1 N–H and O–H groups in total. The van der Waals surface area contributed by atoms with Crippen LogP contribution in [0, 0.1) is 10.6 Å². The zero-order chi connectivity index (χ0) is 13.1. The van der Waals surface area contributed by atoms with E-state index >= 15 is 0 Å². The standard InChI is InChI=1S/C12H25N3O2/c1-11(2,3)13-15(16)14-17-10-6-8-12(4,5)9-7-10/h10H,6-9H2,1-5H3,(H,13,14). The van der Waals surface area contributed by atoms with E-state index in [1.165, 1.54) is 0 Å². The van der Waals surface area contributed by atoms with Gasteiger partial charge in [0, 0.05) is 5.11 Å². The first kappa shape index (κ1) is 14.2. The molecule has 0 unspecified atom stereocenters. The summed E-state index contributed by atoms with van der Waals surface area (Å²) in [6.45, 7) is 10.1. The first-order valence-electron chi connectivity index (χ1n) is 6.29. The van der Waals surface area contributed by atoms with Crippen LogP contribution in [0.2, 0.25) is 0 Å². The molecule has 5 heteroatoms. The molecular weight excluding hydrogens is 218 g/mol. The molecule has 0 radical (unpaired) electrons. The zero-order valence-corrected chi connectivity index (χ0v) is 11.6. The van der Waals surface area contributed by atoms with Gasteiger partial charge in [-0.1, -0.05) is 13.8 Å². The molecule has 0 spiro atoms. The average molecular weight is 243 g/mol.